The van der Waals surface area contributed by atoms with Crippen LogP contribution in [0, 0.1) is 5.92 Å². The molecule has 2 unspecified atom stereocenters. The molecule has 1 aromatic carbocycles. The smallest absolute Gasteiger partial charge is 0.223 e. The number of rotatable bonds is 7. The van der Waals surface area contributed by atoms with Gasteiger partial charge in [-0.1, -0.05) is 30.7 Å². The SMILES string of the molecule is CCNC(=NCc1ccc(N2CC=CC2)cc1)NC1CCCC(C(=O)NC2CC2)C1.I. The molecule has 1 amide bonds. The summed E-state index contributed by atoms with van der Waals surface area (Å²) < 4.78 is 0. The molecule has 0 radical (unpaired) electrons. The molecule has 4 rings (SSSR count). The first kappa shape index (κ1) is 23.9. The minimum atomic E-state index is 0. The molecule has 0 bridgehead atoms. The van der Waals surface area contributed by atoms with Crippen LogP contribution in [0.4, 0.5) is 5.69 Å². The van der Waals surface area contributed by atoms with Crippen molar-refractivity contribution in [1.82, 2.24) is 16.0 Å². The van der Waals surface area contributed by atoms with Gasteiger partial charge in [0, 0.05) is 43.3 Å². The average molecular weight is 537 g/mol. The lowest BCUT2D eigenvalue weighted by molar-refractivity contribution is -0.126. The molecule has 2 fully saturated rings. The van der Waals surface area contributed by atoms with Crippen LogP contribution in [0.2, 0.25) is 0 Å². The summed E-state index contributed by atoms with van der Waals surface area (Å²) in [6.45, 7) is 5.54. The van der Waals surface area contributed by atoms with E-state index >= 15 is 0 Å². The number of benzene rings is 1. The first-order valence-electron chi connectivity index (χ1n) is 11.6. The van der Waals surface area contributed by atoms with Crippen LogP contribution in [0.1, 0.15) is 51.0 Å². The molecule has 2 aliphatic carbocycles. The van der Waals surface area contributed by atoms with E-state index in [2.05, 4.69) is 64.2 Å². The summed E-state index contributed by atoms with van der Waals surface area (Å²) in [4.78, 5) is 19.6. The van der Waals surface area contributed by atoms with E-state index in [1.165, 1.54) is 11.3 Å². The molecular formula is C24H36IN5O. The van der Waals surface area contributed by atoms with Gasteiger partial charge in [-0.3, -0.25) is 4.79 Å². The van der Waals surface area contributed by atoms with Crippen molar-refractivity contribution in [2.75, 3.05) is 24.5 Å². The second-order valence-electron chi connectivity index (χ2n) is 8.73. The summed E-state index contributed by atoms with van der Waals surface area (Å²) in [6.07, 6.45) is 10.8. The monoisotopic (exact) mass is 537 g/mol. The Bertz CT molecular complexity index is 767. The number of hydrogen-bond donors (Lipinski definition) is 3. The van der Waals surface area contributed by atoms with E-state index in [4.69, 9.17) is 4.99 Å². The van der Waals surface area contributed by atoms with Crippen molar-refractivity contribution >= 4 is 41.5 Å². The van der Waals surface area contributed by atoms with Crippen LogP contribution in [0.25, 0.3) is 0 Å². The minimum Gasteiger partial charge on any atom is -0.364 e. The Morgan fingerprint density at radius 3 is 2.45 bits per heavy atom. The van der Waals surface area contributed by atoms with Crippen LogP contribution in [0.5, 0.6) is 0 Å². The molecule has 0 spiro atoms. The third kappa shape index (κ3) is 7.12. The van der Waals surface area contributed by atoms with Gasteiger partial charge < -0.3 is 20.9 Å². The molecule has 7 heteroatoms. The van der Waals surface area contributed by atoms with Gasteiger partial charge in [0.05, 0.1) is 6.54 Å². The van der Waals surface area contributed by atoms with E-state index in [1.54, 1.807) is 0 Å². The highest BCUT2D eigenvalue weighted by Gasteiger charge is 2.31. The number of carbonyl (C=O) groups excluding carboxylic acids is 1. The number of hydrogen-bond acceptors (Lipinski definition) is 3. The molecule has 1 aromatic rings. The molecule has 170 valence electrons. The Kier molecular flexibility index (Phi) is 9.04. The third-order valence-corrected chi connectivity index (χ3v) is 6.19. The highest BCUT2D eigenvalue weighted by molar-refractivity contribution is 14.0. The fraction of sp³-hybridized carbons (Fsp3) is 0.583. The molecule has 1 heterocycles. The van der Waals surface area contributed by atoms with Gasteiger partial charge in [0.25, 0.3) is 0 Å². The van der Waals surface area contributed by atoms with Crippen molar-refractivity contribution in [3.63, 3.8) is 0 Å². The summed E-state index contributed by atoms with van der Waals surface area (Å²) in [6, 6.07) is 9.44. The van der Waals surface area contributed by atoms with Gasteiger partial charge in [0.15, 0.2) is 5.96 Å². The molecule has 0 saturated heterocycles. The van der Waals surface area contributed by atoms with Crippen LogP contribution < -0.4 is 20.9 Å². The molecular weight excluding hydrogens is 501 g/mol. The van der Waals surface area contributed by atoms with Crippen molar-refractivity contribution in [2.45, 2.75) is 64.1 Å². The van der Waals surface area contributed by atoms with Crippen molar-refractivity contribution < 1.29 is 4.79 Å². The normalized spacial score (nSPS) is 23.3. The van der Waals surface area contributed by atoms with Crippen LogP contribution >= 0.6 is 24.0 Å². The van der Waals surface area contributed by atoms with Gasteiger partial charge in [-0.15, -0.1) is 24.0 Å². The number of amides is 1. The van der Waals surface area contributed by atoms with Crippen LogP contribution in [0.3, 0.4) is 0 Å². The minimum absolute atomic E-state index is 0. The third-order valence-electron chi connectivity index (χ3n) is 6.19. The topological polar surface area (TPSA) is 68.8 Å². The highest BCUT2D eigenvalue weighted by Crippen LogP contribution is 2.27. The zero-order valence-electron chi connectivity index (χ0n) is 18.5. The molecule has 2 saturated carbocycles. The molecule has 31 heavy (non-hydrogen) atoms. The maximum atomic E-state index is 12.4. The van der Waals surface area contributed by atoms with Crippen molar-refractivity contribution in [3.05, 3.63) is 42.0 Å². The van der Waals surface area contributed by atoms with Crippen molar-refractivity contribution in [1.29, 1.82) is 0 Å². The first-order chi connectivity index (χ1) is 14.7. The predicted molar refractivity (Wildman–Crippen MR) is 138 cm³/mol. The van der Waals surface area contributed by atoms with Gasteiger partial charge in [-0.25, -0.2) is 4.99 Å². The maximum Gasteiger partial charge on any atom is 0.223 e. The fourth-order valence-corrected chi connectivity index (χ4v) is 4.29. The van der Waals surface area contributed by atoms with E-state index in [0.29, 0.717) is 18.6 Å². The van der Waals surface area contributed by atoms with Crippen molar-refractivity contribution in [2.24, 2.45) is 10.9 Å². The summed E-state index contributed by atoms with van der Waals surface area (Å²) in [7, 11) is 0. The molecule has 2 atom stereocenters. The van der Waals surface area contributed by atoms with Crippen molar-refractivity contribution in [3.8, 4) is 0 Å². The largest absolute Gasteiger partial charge is 0.364 e. The molecule has 1 aliphatic heterocycles. The first-order valence-corrected chi connectivity index (χ1v) is 11.6. The Balaban J connectivity index is 0.00000272. The molecule has 3 N–H and O–H groups in total. The summed E-state index contributed by atoms with van der Waals surface area (Å²) in [5.74, 6) is 1.23. The number of aliphatic imine (C=N–C) groups is 1. The second-order valence-corrected chi connectivity index (χ2v) is 8.73. The number of nitrogens with one attached hydrogen (secondary N) is 3. The van der Waals surface area contributed by atoms with Gasteiger partial charge in [-0.05, 0) is 56.7 Å². The van der Waals surface area contributed by atoms with Gasteiger partial charge in [0.2, 0.25) is 5.91 Å². The number of nitrogens with zero attached hydrogens (tertiary/aromatic N) is 2. The van der Waals surface area contributed by atoms with Gasteiger partial charge in [-0.2, -0.15) is 0 Å². The molecule has 6 nitrogen and oxygen atoms in total. The van der Waals surface area contributed by atoms with Crippen LogP contribution in [-0.4, -0.2) is 43.6 Å². The van der Waals surface area contributed by atoms with E-state index in [-0.39, 0.29) is 35.8 Å². The van der Waals surface area contributed by atoms with E-state index in [9.17, 15) is 4.79 Å². The van der Waals surface area contributed by atoms with E-state index in [0.717, 1.165) is 64.1 Å². The number of anilines is 1. The second kappa shape index (κ2) is 11.7. The predicted octanol–water partition coefficient (Wildman–Crippen LogP) is 3.57. The summed E-state index contributed by atoms with van der Waals surface area (Å²) >= 11 is 0. The Morgan fingerprint density at radius 1 is 1.03 bits per heavy atom. The summed E-state index contributed by atoms with van der Waals surface area (Å²) in [5, 5.41) is 10.1. The van der Waals surface area contributed by atoms with Crippen LogP contribution in [-0.2, 0) is 11.3 Å². The standard InChI is InChI=1S/C24H35N5O.HI/c1-2-25-24(26-17-18-8-12-22(13-9-18)29-14-3-4-15-29)28-21-7-5-6-19(16-21)23(30)27-20-10-11-20;/h3-4,8-9,12-13,19-21H,2,5-7,10-11,14-17H2,1H3,(H,27,30)(H2,25,26,28);1H. The number of guanidine groups is 1. The van der Waals surface area contributed by atoms with E-state index in [1.807, 2.05) is 0 Å². The zero-order chi connectivity index (χ0) is 20.8. The maximum absolute atomic E-state index is 12.4. The fourth-order valence-electron chi connectivity index (χ4n) is 4.29. The zero-order valence-corrected chi connectivity index (χ0v) is 20.8. The molecule has 3 aliphatic rings. The Hall–Kier alpha value is -1.77. The quantitative estimate of drug-likeness (QED) is 0.215. The number of halogens is 1. The lowest BCUT2D eigenvalue weighted by Gasteiger charge is -2.30. The lowest BCUT2D eigenvalue weighted by Crippen LogP contribution is -2.47. The lowest BCUT2D eigenvalue weighted by atomic mass is 9.85. The molecule has 0 aromatic heterocycles. The van der Waals surface area contributed by atoms with E-state index < -0.39 is 0 Å². The van der Waals surface area contributed by atoms with Gasteiger partial charge in [0.1, 0.15) is 0 Å². The Morgan fingerprint density at radius 2 is 1.77 bits per heavy atom. The summed E-state index contributed by atoms with van der Waals surface area (Å²) in [5.41, 5.74) is 2.46. The highest BCUT2D eigenvalue weighted by atomic mass is 127. The van der Waals surface area contributed by atoms with Gasteiger partial charge >= 0.3 is 0 Å². The number of carbonyl (C=O) groups is 1. The van der Waals surface area contributed by atoms with Crippen LogP contribution in [0.15, 0.2) is 41.4 Å². The Labute approximate surface area is 203 Å². The average Bonchev–Trinajstić information content (AvgIpc) is 3.41.